The zero-order valence-electron chi connectivity index (χ0n) is 16.9. The number of rotatable bonds is 3. The number of allylic oxidation sites excluding steroid dienone is 5. The minimum Gasteiger partial charge on any atom is -0.359 e. The van der Waals surface area contributed by atoms with E-state index >= 15 is 0 Å². The molecular formula is C23H39N. The SMILES string of the molecule is C/C=C1/C=CC(C2CC2)=C(C(C)C2CCC(C)CC2)N1.CC(C)C. The third-order valence-corrected chi connectivity index (χ3v) is 5.58. The minimum absolute atomic E-state index is 0.693. The van der Waals surface area contributed by atoms with Gasteiger partial charge in [-0.25, -0.2) is 0 Å². The summed E-state index contributed by atoms with van der Waals surface area (Å²) in [5, 5.41) is 3.74. The number of nitrogens with one attached hydrogen (secondary N) is 1. The molecule has 0 spiro atoms. The Labute approximate surface area is 150 Å². The molecule has 1 nitrogen and oxygen atoms in total. The van der Waals surface area contributed by atoms with Crippen LogP contribution in [0.4, 0.5) is 0 Å². The lowest BCUT2D eigenvalue weighted by molar-refractivity contribution is 0.238. The monoisotopic (exact) mass is 329 g/mol. The van der Waals surface area contributed by atoms with Gasteiger partial charge >= 0.3 is 0 Å². The lowest BCUT2D eigenvalue weighted by atomic mass is 9.74. The zero-order valence-corrected chi connectivity index (χ0v) is 16.9. The fourth-order valence-corrected chi connectivity index (χ4v) is 3.86. The average molecular weight is 330 g/mol. The van der Waals surface area contributed by atoms with Crippen molar-refractivity contribution in [3.8, 4) is 0 Å². The van der Waals surface area contributed by atoms with Crippen molar-refractivity contribution in [1.82, 2.24) is 5.32 Å². The van der Waals surface area contributed by atoms with Crippen LogP contribution in [0.2, 0.25) is 0 Å². The molecule has 2 saturated carbocycles. The van der Waals surface area contributed by atoms with E-state index in [-0.39, 0.29) is 0 Å². The molecular weight excluding hydrogens is 290 g/mol. The van der Waals surface area contributed by atoms with Crippen LogP contribution in [0.5, 0.6) is 0 Å². The molecule has 0 bridgehead atoms. The predicted octanol–water partition coefficient (Wildman–Crippen LogP) is 6.84. The quantitative estimate of drug-likeness (QED) is 0.597. The molecule has 1 N–H and O–H groups in total. The Kier molecular flexibility index (Phi) is 7.19. The smallest absolute Gasteiger partial charge is 0.0338 e. The van der Waals surface area contributed by atoms with Gasteiger partial charge < -0.3 is 5.32 Å². The first-order valence-electron chi connectivity index (χ1n) is 10.3. The van der Waals surface area contributed by atoms with Gasteiger partial charge in [-0.15, -0.1) is 0 Å². The van der Waals surface area contributed by atoms with Crippen molar-refractivity contribution in [1.29, 1.82) is 0 Å². The maximum Gasteiger partial charge on any atom is 0.0338 e. The Hall–Kier alpha value is -0.980. The molecule has 136 valence electrons. The second-order valence-electron chi connectivity index (χ2n) is 8.89. The summed E-state index contributed by atoms with van der Waals surface area (Å²) in [6.07, 6.45) is 15.3. The van der Waals surface area contributed by atoms with E-state index in [1.54, 1.807) is 11.3 Å². The van der Waals surface area contributed by atoms with Gasteiger partial charge in [0.1, 0.15) is 0 Å². The molecule has 1 atom stereocenters. The molecule has 2 aliphatic carbocycles. The van der Waals surface area contributed by atoms with Gasteiger partial charge in [-0.05, 0) is 73.8 Å². The molecule has 0 aromatic heterocycles. The molecule has 1 heterocycles. The maximum atomic E-state index is 3.74. The first-order chi connectivity index (χ1) is 11.4. The van der Waals surface area contributed by atoms with Gasteiger partial charge in [0, 0.05) is 11.4 Å². The van der Waals surface area contributed by atoms with Crippen molar-refractivity contribution < 1.29 is 0 Å². The number of hydrogen-bond donors (Lipinski definition) is 1. The van der Waals surface area contributed by atoms with Gasteiger partial charge in [0.05, 0.1) is 0 Å². The molecule has 2 fully saturated rings. The highest BCUT2D eigenvalue weighted by Gasteiger charge is 2.33. The topological polar surface area (TPSA) is 12.0 Å². The molecule has 0 amide bonds. The molecule has 3 aliphatic rings. The fraction of sp³-hybridized carbons (Fsp3) is 0.739. The summed E-state index contributed by atoms with van der Waals surface area (Å²) in [6, 6.07) is 0. The van der Waals surface area contributed by atoms with Crippen LogP contribution in [0.15, 0.2) is 35.2 Å². The van der Waals surface area contributed by atoms with Crippen molar-refractivity contribution in [2.75, 3.05) is 0 Å². The summed E-state index contributed by atoms with van der Waals surface area (Å²) in [6.45, 7) is 13.5. The molecule has 0 aromatic carbocycles. The highest BCUT2D eigenvalue weighted by molar-refractivity contribution is 5.42. The van der Waals surface area contributed by atoms with Crippen LogP contribution in [0, 0.1) is 29.6 Å². The van der Waals surface area contributed by atoms with Crippen molar-refractivity contribution in [2.24, 2.45) is 29.6 Å². The van der Waals surface area contributed by atoms with Crippen molar-refractivity contribution >= 4 is 0 Å². The molecule has 0 saturated heterocycles. The summed E-state index contributed by atoms with van der Waals surface area (Å²) >= 11 is 0. The first kappa shape index (κ1) is 19.3. The Morgan fingerprint density at radius 3 is 2.04 bits per heavy atom. The van der Waals surface area contributed by atoms with E-state index in [0.29, 0.717) is 5.92 Å². The van der Waals surface area contributed by atoms with Crippen molar-refractivity contribution in [3.63, 3.8) is 0 Å². The third kappa shape index (κ3) is 5.53. The summed E-state index contributed by atoms with van der Waals surface area (Å²) in [5.74, 6) is 4.20. The lowest BCUT2D eigenvalue weighted by Crippen LogP contribution is -2.29. The second-order valence-corrected chi connectivity index (χ2v) is 8.89. The molecule has 1 aliphatic heterocycles. The van der Waals surface area contributed by atoms with E-state index in [2.05, 4.69) is 65.1 Å². The molecule has 1 unspecified atom stereocenters. The normalized spacial score (nSPS) is 30.0. The van der Waals surface area contributed by atoms with Gasteiger partial charge in [0.25, 0.3) is 0 Å². The van der Waals surface area contributed by atoms with Crippen LogP contribution in [-0.2, 0) is 0 Å². The Morgan fingerprint density at radius 2 is 1.54 bits per heavy atom. The Bertz CT molecular complexity index is 479. The number of hydrogen-bond acceptors (Lipinski definition) is 1. The first-order valence-corrected chi connectivity index (χ1v) is 10.3. The van der Waals surface area contributed by atoms with Gasteiger partial charge in [-0.2, -0.15) is 0 Å². The summed E-state index contributed by atoms with van der Waals surface area (Å²) in [4.78, 5) is 0. The molecule has 0 radical (unpaired) electrons. The predicted molar refractivity (Wildman–Crippen MR) is 107 cm³/mol. The lowest BCUT2D eigenvalue weighted by Gasteiger charge is -2.34. The summed E-state index contributed by atoms with van der Waals surface area (Å²) < 4.78 is 0. The largest absolute Gasteiger partial charge is 0.359 e. The van der Waals surface area contributed by atoms with E-state index in [4.69, 9.17) is 0 Å². The van der Waals surface area contributed by atoms with Gasteiger partial charge in [0.2, 0.25) is 0 Å². The minimum atomic E-state index is 0.693. The zero-order chi connectivity index (χ0) is 17.7. The van der Waals surface area contributed by atoms with Crippen molar-refractivity contribution in [3.05, 3.63) is 35.2 Å². The van der Waals surface area contributed by atoms with Crippen LogP contribution < -0.4 is 5.32 Å². The average Bonchev–Trinajstić information content (AvgIpc) is 3.38. The van der Waals surface area contributed by atoms with E-state index in [1.165, 1.54) is 44.2 Å². The Morgan fingerprint density at radius 1 is 0.958 bits per heavy atom. The van der Waals surface area contributed by atoms with Gasteiger partial charge in [-0.3, -0.25) is 0 Å². The van der Waals surface area contributed by atoms with Crippen LogP contribution in [0.3, 0.4) is 0 Å². The maximum absolute atomic E-state index is 3.74. The third-order valence-electron chi connectivity index (χ3n) is 5.58. The molecule has 1 heteroatoms. The standard InChI is InChI=1S/C19H29N.C4H10/c1-4-17-11-12-18(16-9-10-16)19(20-17)14(3)15-7-5-13(2)6-8-15;1-4(2)3/h4,11-16,20H,5-10H2,1-3H3;4H,1-3H3/b17-4-;. The molecule has 0 aromatic rings. The molecule has 3 rings (SSSR count). The highest BCUT2D eigenvalue weighted by Crippen LogP contribution is 2.44. The van der Waals surface area contributed by atoms with Crippen molar-refractivity contribution in [2.45, 2.75) is 80.1 Å². The molecule has 24 heavy (non-hydrogen) atoms. The van der Waals surface area contributed by atoms with E-state index < -0.39 is 0 Å². The van der Waals surface area contributed by atoms with E-state index in [1.807, 2.05) is 0 Å². The summed E-state index contributed by atoms with van der Waals surface area (Å²) in [7, 11) is 0. The highest BCUT2D eigenvalue weighted by atomic mass is 14.9. The van der Waals surface area contributed by atoms with Gasteiger partial charge in [-0.1, -0.05) is 59.6 Å². The van der Waals surface area contributed by atoms with Crippen LogP contribution >= 0.6 is 0 Å². The second kappa shape index (κ2) is 8.92. The van der Waals surface area contributed by atoms with Crippen LogP contribution in [0.1, 0.15) is 80.1 Å². The number of dihydropyridines is 1. The van der Waals surface area contributed by atoms with E-state index in [9.17, 15) is 0 Å². The Balaban J connectivity index is 0.000000471. The van der Waals surface area contributed by atoms with Crippen LogP contribution in [-0.4, -0.2) is 0 Å². The summed E-state index contributed by atoms with van der Waals surface area (Å²) in [5.41, 5.74) is 4.44. The fourth-order valence-electron chi connectivity index (χ4n) is 3.86. The van der Waals surface area contributed by atoms with E-state index in [0.717, 1.165) is 23.7 Å². The van der Waals surface area contributed by atoms with Gasteiger partial charge in [0.15, 0.2) is 0 Å². The van der Waals surface area contributed by atoms with Crippen LogP contribution in [0.25, 0.3) is 0 Å².